The lowest BCUT2D eigenvalue weighted by atomic mass is 10.1. The van der Waals surface area contributed by atoms with Crippen molar-refractivity contribution < 1.29 is 19.1 Å². The van der Waals surface area contributed by atoms with Gasteiger partial charge in [-0.25, -0.2) is 0 Å². The van der Waals surface area contributed by atoms with Gasteiger partial charge in [-0.2, -0.15) is 0 Å². The zero-order valence-electron chi connectivity index (χ0n) is 15.4. The van der Waals surface area contributed by atoms with Gasteiger partial charge in [-0.15, -0.1) is 0 Å². The number of Topliss-reactive ketones (excluding diaryl/α,β-unsaturated/α-hetero) is 1. The number of nitrogens with zero attached hydrogens (tertiary/aromatic N) is 1. The molecule has 0 unspecified atom stereocenters. The maximum absolute atomic E-state index is 12.4. The molecule has 6 nitrogen and oxygen atoms in total. The molecule has 0 fully saturated rings. The lowest BCUT2D eigenvalue weighted by Crippen LogP contribution is -2.21. The number of para-hydroxylation sites is 1. The van der Waals surface area contributed by atoms with Crippen molar-refractivity contribution in [3.05, 3.63) is 59.8 Å². The number of carbonyl (C=O) groups is 2. The summed E-state index contributed by atoms with van der Waals surface area (Å²) in [5.74, 6) is 0.746. The Morgan fingerprint density at radius 1 is 1.15 bits per heavy atom. The van der Waals surface area contributed by atoms with E-state index >= 15 is 0 Å². The lowest BCUT2D eigenvalue weighted by Gasteiger charge is -2.13. The number of nitrogens with one attached hydrogen (secondary N) is 1. The summed E-state index contributed by atoms with van der Waals surface area (Å²) >= 11 is 0. The Hall–Kier alpha value is -3.41. The Bertz CT molecular complexity index is 1010. The van der Waals surface area contributed by atoms with E-state index in [0.717, 1.165) is 10.9 Å². The first-order valence-electron chi connectivity index (χ1n) is 8.45. The number of aromatic nitrogens is 1. The molecule has 3 rings (SSSR count). The third-order valence-corrected chi connectivity index (χ3v) is 4.14. The molecular weight excluding hydrogens is 344 g/mol. The highest BCUT2D eigenvalue weighted by Gasteiger charge is 2.13. The minimum Gasteiger partial charge on any atom is -0.494 e. The van der Waals surface area contributed by atoms with Gasteiger partial charge in [-0.1, -0.05) is 24.3 Å². The Kier molecular flexibility index (Phi) is 5.35. The zero-order valence-corrected chi connectivity index (χ0v) is 15.4. The highest BCUT2D eigenvalue weighted by atomic mass is 16.5. The topological polar surface area (TPSA) is 77.5 Å². The van der Waals surface area contributed by atoms with Gasteiger partial charge < -0.3 is 14.8 Å². The van der Waals surface area contributed by atoms with E-state index in [0.29, 0.717) is 28.3 Å². The summed E-state index contributed by atoms with van der Waals surface area (Å²) in [6.45, 7) is 3.19. The Labute approximate surface area is 157 Å². The summed E-state index contributed by atoms with van der Waals surface area (Å²) in [4.78, 5) is 28.2. The number of anilines is 1. The molecule has 0 saturated carbocycles. The van der Waals surface area contributed by atoms with Crippen molar-refractivity contribution in [2.45, 2.75) is 13.8 Å². The average Bonchev–Trinajstić information content (AvgIpc) is 2.68. The van der Waals surface area contributed by atoms with Gasteiger partial charge in [0.05, 0.1) is 12.8 Å². The molecule has 0 saturated heterocycles. The van der Waals surface area contributed by atoms with Gasteiger partial charge in [0.2, 0.25) is 0 Å². The number of aryl methyl sites for hydroxylation is 1. The van der Waals surface area contributed by atoms with E-state index in [1.54, 1.807) is 37.6 Å². The molecule has 27 heavy (non-hydrogen) atoms. The molecule has 0 aliphatic heterocycles. The third kappa shape index (κ3) is 4.06. The van der Waals surface area contributed by atoms with E-state index in [9.17, 15) is 9.59 Å². The minimum atomic E-state index is -0.304. The molecule has 1 N–H and O–H groups in total. The number of methoxy groups -OCH3 is 1. The third-order valence-electron chi connectivity index (χ3n) is 4.14. The molecule has 6 heteroatoms. The fourth-order valence-electron chi connectivity index (χ4n) is 2.76. The fraction of sp³-hybridized carbons (Fsp3) is 0.190. The molecular formula is C21H20N2O4. The van der Waals surface area contributed by atoms with Crippen LogP contribution in [0.4, 0.5) is 5.69 Å². The van der Waals surface area contributed by atoms with Crippen molar-refractivity contribution in [3.63, 3.8) is 0 Å². The van der Waals surface area contributed by atoms with Crippen LogP contribution < -0.4 is 14.8 Å². The molecule has 1 aromatic heterocycles. The summed E-state index contributed by atoms with van der Waals surface area (Å²) in [6.07, 6.45) is 1.69. The number of pyridine rings is 1. The number of ether oxygens (including phenoxy) is 2. The molecule has 0 spiro atoms. The van der Waals surface area contributed by atoms with E-state index < -0.39 is 0 Å². The highest BCUT2D eigenvalue weighted by molar-refractivity contribution is 6.04. The van der Waals surface area contributed by atoms with E-state index in [1.165, 1.54) is 6.92 Å². The monoisotopic (exact) mass is 364 g/mol. The van der Waals surface area contributed by atoms with Gasteiger partial charge in [0.15, 0.2) is 12.4 Å². The minimum absolute atomic E-state index is 0.0577. The van der Waals surface area contributed by atoms with Crippen LogP contribution in [0.2, 0.25) is 0 Å². The molecule has 1 amide bonds. The number of benzene rings is 2. The zero-order chi connectivity index (χ0) is 19.4. The number of hydrogen-bond acceptors (Lipinski definition) is 5. The van der Waals surface area contributed by atoms with E-state index in [-0.39, 0.29) is 18.3 Å². The maximum atomic E-state index is 12.4. The molecule has 0 bridgehead atoms. The Morgan fingerprint density at radius 2 is 1.93 bits per heavy atom. The Morgan fingerprint density at radius 3 is 2.67 bits per heavy atom. The number of hydrogen-bond donors (Lipinski definition) is 1. The number of amides is 1. The number of ketones is 1. The average molecular weight is 364 g/mol. The maximum Gasteiger partial charge on any atom is 0.262 e. The smallest absolute Gasteiger partial charge is 0.262 e. The number of rotatable bonds is 6. The number of fused-ring (bicyclic) bond motifs is 1. The largest absolute Gasteiger partial charge is 0.494 e. The summed E-state index contributed by atoms with van der Waals surface area (Å²) < 4.78 is 10.9. The van der Waals surface area contributed by atoms with E-state index in [2.05, 4.69) is 10.3 Å². The second-order valence-corrected chi connectivity index (χ2v) is 6.09. The first-order valence-corrected chi connectivity index (χ1v) is 8.45. The van der Waals surface area contributed by atoms with Crippen LogP contribution >= 0.6 is 0 Å². The molecule has 138 valence electrons. The summed E-state index contributed by atoms with van der Waals surface area (Å²) in [5, 5.41) is 3.68. The van der Waals surface area contributed by atoms with E-state index in [4.69, 9.17) is 9.47 Å². The van der Waals surface area contributed by atoms with Crippen LogP contribution in [0.1, 0.15) is 22.8 Å². The first kappa shape index (κ1) is 18.4. The first-order chi connectivity index (χ1) is 13.0. The van der Waals surface area contributed by atoms with Crippen LogP contribution in [0.25, 0.3) is 10.9 Å². The van der Waals surface area contributed by atoms with Crippen LogP contribution in [-0.4, -0.2) is 30.4 Å². The van der Waals surface area contributed by atoms with Crippen molar-refractivity contribution >= 4 is 28.3 Å². The quantitative estimate of drug-likeness (QED) is 0.674. The van der Waals surface area contributed by atoms with Gasteiger partial charge in [0.1, 0.15) is 17.0 Å². The second-order valence-electron chi connectivity index (χ2n) is 6.09. The predicted octanol–water partition coefficient (Wildman–Crippen LogP) is 3.77. The van der Waals surface area contributed by atoms with Crippen LogP contribution in [0.5, 0.6) is 11.5 Å². The molecule has 2 aromatic carbocycles. The standard InChI is InChI=1S/C21H20N2O4/c1-13-11-22-21-17(8-5-9-18(21)26-3)20(13)23-19(25)12-27-16-7-4-6-15(10-16)14(2)24/h4-11H,12H2,1-3H3,(H,22,23,25). The van der Waals surface area contributed by atoms with Gasteiger partial charge in [-0.05, 0) is 37.6 Å². The van der Waals surface area contributed by atoms with E-state index in [1.807, 2.05) is 25.1 Å². The van der Waals surface area contributed by atoms with Crippen LogP contribution in [0.15, 0.2) is 48.7 Å². The molecule has 0 aliphatic carbocycles. The molecule has 0 aliphatic rings. The van der Waals surface area contributed by atoms with Crippen molar-refractivity contribution in [2.24, 2.45) is 0 Å². The van der Waals surface area contributed by atoms with Crippen molar-refractivity contribution in [1.82, 2.24) is 4.98 Å². The van der Waals surface area contributed by atoms with Crippen LogP contribution in [0, 0.1) is 6.92 Å². The Balaban J connectivity index is 1.77. The van der Waals surface area contributed by atoms with Crippen LogP contribution in [0.3, 0.4) is 0 Å². The molecule has 1 heterocycles. The van der Waals surface area contributed by atoms with Crippen molar-refractivity contribution in [2.75, 3.05) is 19.0 Å². The molecule has 0 atom stereocenters. The summed E-state index contributed by atoms with van der Waals surface area (Å²) in [7, 11) is 1.58. The normalized spacial score (nSPS) is 10.5. The van der Waals surface area contributed by atoms with Gasteiger partial charge in [-0.3, -0.25) is 14.6 Å². The molecule has 0 radical (unpaired) electrons. The number of carbonyl (C=O) groups excluding carboxylic acids is 2. The van der Waals surface area contributed by atoms with Gasteiger partial charge in [0, 0.05) is 17.1 Å². The van der Waals surface area contributed by atoms with Crippen molar-refractivity contribution in [1.29, 1.82) is 0 Å². The summed E-state index contributed by atoms with van der Waals surface area (Å²) in [5.41, 5.74) is 2.72. The van der Waals surface area contributed by atoms with Crippen LogP contribution in [-0.2, 0) is 4.79 Å². The summed E-state index contributed by atoms with van der Waals surface area (Å²) in [6, 6.07) is 12.3. The second kappa shape index (κ2) is 7.86. The molecule has 3 aromatic rings. The van der Waals surface area contributed by atoms with Gasteiger partial charge in [0.25, 0.3) is 5.91 Å². The SMILES string of the molecule is COc1cccc2c(NC(=O)COc3cccc(C(C)=O)c3)c(C)cnc12. The predicted molar refractivity (Wildman–Crippen MR) is 104 cm³/mol. The fourth-order valence-corrected chi connectivity index (χ4v) is 2.76. The lowest BCUT2D eigenvalue weighted by molar-refractivity contribution is -0.118. The van der Waals surface area contributed by atoms with Crippen molar-refractivity contribution in [3.8, 4) is 11.5 Å². The highest BCUT2D eigenvalue weighted by Crippen LogP contribution is 2.31. The van der Waals surface area contributed by atoms with Gasteiger partial charge >= 0.3 is 0 Å².